The molecule has 0 saturated heterocycles. The molecule has 0 N–H and O–H groups in total. The largest absolute Gasteiger partial charge is 0.443 e. The second-order valence-corrected chi connectivity index (χ2v) is 9.00. The van der Waals surface area contributed by atoms with Crippen molar-refractivity contribution in [3.05, 3.63) is 64.3 Å². The molecule has 3 aromatic heterocycles. The number of halogens is 1. The molecule has 1 aromatic carbocycles. The molecule has 0 unspecified atom stereocenters. The van der Waals surface area contributed by atoms with E-state index in [0.717, 1.165) is 31.3 Å². The molecule has 0 aliphatic heterocycles. The van der Waals surface area contributed by atoms with E-state index < -0.39 is 5.60 Å². The topological polar surface area (TPSA) is 74.8 Å². The minimum atomic E-state index is -0.549. The van der Waals surface area contributed by atoms with Gasteiger partial charge in [0.05, 0.1) is 18.3 Å². The number of pyridine rings is 1. The van der Waals surface area contributed by atoms with Gasteiger partial charge in [0, 0.05) is 33.1 Å². The van der Waals surface area contributed by atoms with Crippen LogP contribution in [0.1, 0.15) is 26.3 Å². The Morgan fingerprint density at radius 2 is 2.00 bits per heavy atom. The summed E-state index contributed by atoms with van der Waals surface area (Å²) in [6.07, 6.45) is 6.81. The molecule has 7 nitrogen and oxygen atoms in total. The predicted molar refractivity (Wildman–Crippen MR) is 119 cm³/mol. The highest BCUT2D eigenvalue weighted by Gasteiger charge is 2.19. The van der Waals surface area contributed by atoms with E-state index in [2.05, 4.69) is 37.9 Å². The zero-order valence-corrected chi connectivity index (χ0v) is 18.5. The molecule has 4 aromatic rings. The van der Waals surface area contributed by atoms with Gasteiger partial charge in [-0.25, -0.2) is 9.48 Å². The van der Waals surface area contributed by atoms with Crippen LogP contribution in [-0.2, 0) is 11.3 Å². The lowest BCUT2D eigenvalue weighted by atomic mass is 10.1. The standard InChI is InChI=1S/C21H20IN5O2/c1-21(2,3)29-20(28)27-7-6-15-5-4-14(8-19(15)27)12-26-13-18(24-25-26)16-9-17(22)11-23-10-16/h4-11,13H,12H2,1-3H3. The highest BCUT2D eigenvalue weighted by atomic mass is 127. The maximum atomic E-state index is 12.5. The van der Waals surface area contributed by atoms with E-state index in [0.29, 0.717) is 6.54 Å². The number of hydrogen-bond donors (Lipinski definition) is 0. The molecule has 0 bridgehead atoms. The van der Waals surface area contributed by atoms with Crippen LogP contribution < -0.4 is 0 Å². The highest BCUT2D eigenvalue weighted by Crippen LogP contribution is 2.21. The number of nitrogens with zero attached hydrogens (tertiary/aromatic N) is 5. The number of rotatable bonds is 3. The van der Waals surface area contributed by atoms with Crippen LogP contribution in [0.5, 0.6) is 0 Å². The molecule has 148 valence electrons. The summed E-state index contributed by atoms with van der Waals surface area (Å²) in [5.74, 6) is 0. The monoisotopic (exact) mass is 501 g/mol. The normalized spacial score (nSPS) is 11.7. The first-order valence-electron chi connectivity index (χ1n) is 9.13. The number of hydrogen-bond acceptors (Lipinski definition) is 5. The first kappa shape index (κ1) is 19.6. The fraction of sp³-hybridized carbons (Fsp3) is 0.238. The minimum absolute atomic E-state index is 0.390. The molecular formula is C21H20IN5O2. The minimum Gasteiger partial charge on any atom is -0.443 e. The van der Waals surface area contributed by atoms with Gasteiger partial charge in [-0.15, -0.1) is 5.10 Å². The van der Waals surface area contributed by atoms with Crippen molar-refractivity contribution in [1.82, 2.24) is 24.5 Å². The summed E-state index contributed by atoms with van der Waals surface area (Å²) in [5, 5.41) is 9.46. The fourth-order valence-electron chi connectivity index (χ4n) is 2.99. The van der Waals surface area contributed by atoms with Crippen molar-refractivity contribution in [2.75, 3.05) is 0 Å². The van der Waals surface area contributed by atoms with Gasteiger partial charge >= 0.3 is 6.09 Å². The molecule has 8 heteroatoms. The maximum Gasteiger partial charge on any atom is 0.418 e. The van der Waals surface area contributed by atoms with Gasteiger partial charge in [0.2, 0.25) is 0 Å². The second kappa shape index (κ2) is 7.58. The Morgan fingerprint density at radius 3 is 2.76 bits per heavy atom. The molecule has 0 spiro atoms. The van der Waals surface area contributed by atoms with Crippen LogP contribution in [0.4, 0.5) is 4.79 Å². The van der Waals surface area contributed by atoms with Gasteiger partial charge in [0.1, 0.15) is 11.3 Å². The van der Waals surface area contributed by atoms with Crippen LogP contribution in [0.3, 0.4) is 0 Å². The molecule has 0 atom stereocenters. The number of ether oxygens (including phenoxy) is 1. The Kier molecular flexibility index (Phi) is 5.12. The van der Waals surface area contributed by atoms with Gasteiger partial charge in [0.15, 0.2) is 0 Å². The molecule has 29 heavy (non-hydrogen) atoms. The van der Waals surface area contributed by atoms with Crippen LogP contribution >= 0.6 is 22.6 Å². The number of carbonyl (C=O) groups excluding carboxylic acids is 1. The molecule has 0 amide bonds. The second-order valence-electron chi connectivity index (χ2n) is 7.75. The van der Waals surface area contributed by atoms with Crippen molar-refractivity contribution >= 4 is 39.6 Å². The summed E-state index contributed by atoms with van der Waals surface area (Å²) in [6, 6.07) is 9.92. The first-order valence-corrected chi connectivity index (χ1v) is 10.2. The Morgan fingerprint density at radius 1 is 1.17 bits per heavy atom. The molecule has 0 radical (unpaired) electrons. The highest BCUT2D eigenvalue weighted by molar-refractivity contribution is 14.1. The Labute approximate surface area is 181 Å². The van der Waals surface area contributed by atoms with E-state index >= 15 is 0 Å². The molecule has 0 aliphatic rings. The van der Waals surface area contributed by atoms with Crippen LogP contribution in [0.25, 0.3) is 22.2 Å². The summed E-state index contributed by atoms with van der Waals surface area (Å²) < 4.78 is 9.86. The number of carbonyl (C=O) groups is 1. The van der Waals surface area contributed by atoms with Crippen molar-refractivity contribution < 1.29 is 9.53 Å². The van der Waals surface area contributed by atoms with Gasteiger partial charge in [0.25, 0.3) is 0 Å². The molecule has 3 heterocycles. The van der Waals surface area contributed by atoms with Gasteiger partial charge in [-0.2, -0.15) is 0 Å². The predicted octanol–water partition coefficient (Wildman–Crippen LogP) is 4.73. The zero-order chi connectivity index (χ0) is 20.6. The lowest BCUT2D eigenvalue weighted by Gasteiger charge is -2.19. The quantitative estimate of drug-likeness (QED) is 0.380. The van der Waals surface area contributed by atoms with Gasteiger partial charge in [-0.3, -0.25) is 9.55 Å². The maximum absolute atomic E-state index is 12.5. The van der Waals surface area contributed by atoms with Gasteiger partial charge in [-0.1, -0.05) is 17.3 Å². The van der Waals surface area contributed by atoms with Crippen molar-refractivity contribution in [2.24, 2.45) is 0 Å². The lowest BCUT2D eigenvalue weighted by molar-refractivity contribution is 0.0544. The van der Waals surface area contributed by atoms with Crippen LogP contribution in [0, 0.1) is 3.57 Å². The molecule has 0 aliphatic carbocycles. The SMILES string of the molecule is CC(C)(C)OC(=O)n1ccc2ccc(Cn3cc(-c4cncc(I)c4)nn3)cc21. The van der Waals surface area contributed by atoms with E-state index in [1.165, 1.54) is 4.57 Å². The smallest absolute Gasteiger partial charge is 0.418 e. The molecule has 4 rings (SSSR count). The van der Waals surface area contributed by atoms with E-state index in [1.807, 2.05) is 57.3 Å². The van der Waals surface area contributed by atoms with Crippen molar-refractivity contribution in [2.45, 2.75) is 32.9 Å². The summed E-state index contributed by atoms with van der Waals surface area (Å²) in [7, 11) is 0. The zero-order valence-electron chi connectivity index (χ0n) is 16.3. The van der Waals surface area contributed by atoms with Crippen molar-refractivity contribution in [1.29, 1.82) is 0 Å². The number of benzene rings is 1. The Hall–Kier alpha value is -2.75. The fourth-order valence-corrected chi connectivity index (χ4v) is 3.49. The molecule has 0 fully saturated rings. The number of aromatic nitrogens is 5. The third kappa shape index (κ3) is 4.47. The summed E-state index contributed by atoms with van der Waals surface area (Å²) in [4.78, 5) is 16.7. The first-order chi connectivity index (χ1) is 13.8. The van der Waals surface area contributed by atoms with Crippen molar-refractivity contribution in [3.8, 4) is 11.3 Å². The van der Waals surface area contributed by atoms with E-state index in [4.69, 9.17) is 4.74 Å². The Bertz CT molecular complexity index is 1190. The van der Waals surface area contributed by atoms with Crippen LogP contribution in [-0.4, -0.2) is 36.2 Å². The average Bonchev–Trinajstić information content (AvgIpc) is 3.27. The van der Waals surface area contributed by atoms with Crippen molar-refractivity contribution in [3.63, 3.8) is 0 Å². The Balaban J connectivity index is 1.59. The third-order valence-corrected chi connectivity index (χ3v) is 4.82. The third-order valence-electron chi connectivity index (χ3n) is 4.23. The van der Waals surface area contributed by atoms with E-state index in [9.17, 15) is 4.79 Å². The molecular weight excluding hydrogens is 481 g/mol. The lowest BCUT2D eigenvalue weighted by Crippen LogP contribution is -2.26. The summed E-state index contributed by atoms with van der Waals surface area (Å²) in [5.41, 5.74) is 2.97. The van der Waals surface area contributed by atoms with Crippen LogP contribution in [0.15, 0.2) is 55.1 Å². The number of fused-ring (bicyclic) bond motifs is 1. The van der Waals surface area contributed by atoms with E-state index in [-0.39, 0.29) is 6.09 Å². The van der Waals surface area contributed by atoms with Crippen LogP contribution in [0.2, 0.25) is 0 Å². The summed E-state index contributed by atoms with van der Waals surface area (Å²) >= 11 is 2.22. The van der Waals surface area contributed by atoms with Gasteiger partial charge in [-0.05, 0) is 67.1 Å². The van der Waals surface area contributed by atoms with Gasteiger partial charge < -0.3 is 4.74 Å². The average molecular weight is 501 g/mol. The molecule has 0 saturated carbocycles. The van der Waals surface area contributed by atoms with E-state index in [1.54, 1.807) is 23.3 Å². The summed E-state index contributed by atoms with van der Waals surface area (Å²) in [6.45, 7) is 6.11.